The first-order valence-corrected chi connectivity index (χ1v) is 8.93. The molecule has 1 aromatic heterocycles. The highest BCUT2D eigenvalue weighted by molar-refractivity contribution is 7.99. The molecular weight excluding hydrogens is 292 g/mol. The third kappa shape index (κ3) is 5.38. The summed E-state index contributed by atoms with van der Waals surface area (Å²) in [6.07, 6.45) is 3.79. The molecule has 0 N–H and O–H groups in total. The van der Waals surface area contributed by atoms with Crippen LogP contribution in [0.3, 0.4) is 0 Å². The fourth-order valence-corrected chi connectivity index (χ4v) is 3.30. The van der Waals surface area contributed by atoms with Crippen molar-refractivity contribution in [3.63, 3.8) is 0 Å². The summed E-state index contributed by atoms with van der Waals surface area (Å²) in [5.74, 6) is 2.38. The van der Waals surface area contributed by atoms with Gasteiger partial charge in [0.15, 0.2) is 0 Å². The van der Waals surface area contributed by atoms with Gasteiger partial charge in [-0.25, -0.2) is 0 Å². The first-order chi connectivity index (χ1) is 10.7. The maximum atomic E-state index is 12.1. The number of carbonyl (C=O) groups excluding carboxylic acids is 1. The van der Waals surface area contributed by atoms with Gasteiger partial charge in [0, 0.05) is 24.5 Å². The molecule has 1 atom stereocenters. The van der Waals surface area contributed by atoms with Crippen LogP contribution in [0.1, 0.15) is 50.4 Å². The minimum Gasteiger partial charge on any atom is -0.469 e. The smallest absolute Gasteiger partial charge is 0.133 e. The Morgan fingerprint density at radius 3 is 2.50 bits per heavy atom. The molecule has 0 aliphatic carbocycles. The van der Waals surface area contributed by atoms with Crippen LogP contribution in [0.5, 0.6) is 0 Å². The van der Waals surface area contributed by atoms with Crippen LogP contribution in [-0.4, -0.2) is 16.8 Å². The molecule has 0 radical (unpaired) electrons. The zero-order chi connectivity index (χ0) is 15.8. The van der Waals surface area contributed by atoms with E-state index in [1.807, 2.05) is 42.1 Å². The van der Waals surface area contributed by atoms with E-state index in [1.165, 1.54) is 5.56 Å². The molecule has 2 rings (SSSR count). The highest BCUT2D eigenvalue weighted by Crippen LogP contribution is 2.29. The van der Waals surface area contributed by atoms with Gasteiger partial charge in [-0.15, -0.1) is 0 Å². The monoisotopic (exact) mass is 316 g/mol. The van der Waals surface area contributed by atoms with Gasteiger partial charge in [0.25, 0.3) is 0 Å². The molecule has 0 spiro atoms. The van der Waals surface area contributed by atoms with Gasteiger partial charge in [-0.1, -0.05) is 44.2 Å². The Labute approximate surface area is 137 Å². The molecule has 118 valence electrons. The zero-order valence-corrected chi connectivity index (χ0v) is 14.1. The standard InChI is InChI=1S/C19H24O2S/c1-15(2)22-14-12-17(20)10-11-18(19-9-6-13-21-19)16-7-4-3-5-8-16/h3-9,13,15,18H,10-12,14H2,1-2H3. The van der Waals surface area contributed by atoms with E-state index in [0.717, 1.165) is 17.9 Å². The van der Waals surface area contributed by atoms with Crippen molar-refractivity contribution in [3.05, 3.63) is 60.1 Å². The van der Waals surface area contributed by atoms with Gasteiger partial charge in [0.05, 0.1) is 6.26 Å². The fraction of sp³-hybridized carbons (Fsp3) is 0.421. The Kier molecular flexibility index (Phi) is 6.78. The molecule has 1 heterocycles. The predicted octanol–water partition coefficient (Wildman–Crippen LogP) is 5.29. The van der Waals surface area contributed by atoms with Crippen molar-refractivity contribution in [1.82, 2.24) is 0 Å². The van der Waals surface area contributed by atoms with E-state index < -0.39 is 0 Å². The van der Waals surface area contributed by atoms with Crippen molar-refractivity contribution < 1.29 is 9.21 Å². The van der Waals surface area contributed by atoms with Gasteiger partial charge in [-0.3, -0.25) is 4.79 Å². The minimum absolute atomic E-state index is 0.165. The number of Topliss-reactive ketones (excluding diaryl/α,β-unsaturated/α-hetero) is 1. The fourth-order valence-electron chi connectivity index (χ4n) is 2.49. The lowest BCUT2D eigenvalue weighted by Gasteiger charge is -2.14. The summed E-state index contributed by atoms with van der Waals surface area (Å²) in [5.41, 5.74) is 1.21. The lowest BCUT2D eigenvalue weighted by Crippen LogP contribution is -2.06. The molecule has 0 aliphatic heterocycles. The first kappa shape index (κ1) is 16.9. The Morgan fingerprint density at radius 1 is 1.09 bits per heavy atom. The van der Waals surface area contributed by atoms with Gasteiger partial charge in [0.1, 0.15) is 11.5 Å². The van der Waals surface area contributed by atoms with Crippen LogP contribution in [0.25, 0.3) is 0 Å². The second-order valence-electron chi connectivity index (χ2n) is 5.73. The molecule has 0 saturated carbocycles. The largest absolute Gasteiger partial charge is 0.469 e. The second kappa shape index (κ2) is 8.84. The maximum Gasteiger partial charge on any atom is 0.133 e. The third-order valence-electron chi connectivity index (χ3n) is 3.63. The van der Waals surface area contributed by atoms with E-state index in [-0.39, 0.29) is 5.92 Å². The van der Waals surface area contributed by atoms with Gasteiger partial charge in [-0.05, 0) is 29.4 Å². The Morgan fingerprint density at radius 2 is 1.86 bits per heavy atom. The maximum absolute atomic E-state index is 12.1. The number of furan rings is 1. The molecule has 0 bridgehead atoms. The van der Waals surface area contributed by atoms with Crippen LogP contribution in [0, 0.1) is 0 Å². The highest BCUT2D eigenvalue weighted by Gasteiger charge is 2.18. The highest BCUT2D eigenvalue weighted by atomic mass is 32.2. The molecule has 2 aromatic rings. The summed E-state index contributed by atoms with van der Waals surface area (Å²) in [6, 6.07) is 14.2. The van der Waals surface area contributed by atoms with Crippen LogP contribution in [0.15, 0.2) is 53.1 Å². The SMILES string of the molecule is CC(C)SCCC(=O)CCC(c1ccccc1)c1ccco1. The molecule has 1 aromatic carbocycles. The third-order valence-corrected chi connectivity index (χ3v) is 4.74. The molecule has 3 heteroatoms. The number of carbonyl (C=O) groups is 1. The number of hydrogen-bond donors (Lipinski definition) is 0. The van der Waals surface area contributed by atoms with Crippen LogP contribution in [-0.2, 0) is 4.79 Å². The van der Waals surface area contributed by atoms with Crippen molar-refractivity contribution >= 4 is 17.5 Å². The Bertz CT molecular complexity index is 546. The van der Waals surface area contributed by atoms with Crippen LogP contribution < -0.4 is 0 Å². The lowest BCUT2D eigenvalue weighted by molar-refractivity contribution is -0.118. The minimum atomic E-state index is 0.165. The molecule has 1 unspecified atom stereocenters. The zero-order valence-electron chi connectivity index (χ0n) is 13.3. The number of rotatable bonds is 9. The topological polar surface area (TPSA) is 30.2 Å². The molecule has 0 amide bonds. The molecular formula is C19H24O2S. The van der Waals surface area contributed by atoms with Crippen molar-refractivity contribution in [3.8, 4) is 0 Å². The quantitative estimate of drug-likeness (QED) is 0.629. The summed E-state index contributed by atoms with van der Waals surface area (Å²) < 4.78 is 5.58. The predicted molar refractivity (Wildman–Crippen MR) is 93.4 cm³/mol. The van der Waals surface area contributed by atoms with Crippen molar-refractivity contribution in [2.24, 2.45) is 0 Å². The van der Waals surface area contributed by atoms with E-state index >= 15 is 0 Å². The van der Waals surface area contributed by atoms with Crippen molar-refractivity contribution in [2.75, 3.05) is 5.75 Å². The average Bonchev–Trinajstić information content (AvgIpc) is 3.02. The van der Waals surface area contributed by atoms with E-state index in [4.69, 9.17) is 4.42 Å². The summed E-state index contributed by atoms with van der Waals surface area (Å²) >= 11 is 1.85. The summed E-state index contributed by atoms with van der Waals surface area (Å²) in [5, 5.41) is 0.591. The van der Waals surface area contributed by atoms with E-state index in [2.05, 4.69) is 26.0 Å². The summed E-state index contributed by atoms with van der Waals surface area (Å²) in [6.45, 7) is 4.33. The van der Waals surface area contributed by atoms with E-state index in [1.54, 1.807) is 6.26 Å². The molecule has 0 fully saturated rings. The van der Waals surface area contributed by atoms with Crippen LogP contribution in [0.2, 0.25) is 0 Å². The molecule has 2 nitrogen and oxygen atoms in total. The molecule has 0 saturated heterocycles. The lowest BCUT2D eigenvalue weighted by atomic mass is 9.91. The number of thioether (sulfide) groups is 1. The second-order valence-corrected chi connectivity index (χ2v) is 7.41. The van der Waals surface area contributed by atoms with Gasteiger partial charge in [-0.2, -0.15) is 11.8 Å². The normalized spacial score (nSPS) is 12.5. The Balaban J connectivity index is 1.92. The van der Waals surface area contributed by atoms with Gasteiger partial charge in [0.2, 0.25) is 0 Å². The van der Waals surface area contributed by atoms with E-state index in [9.17, 15) is 4.79 Å². The van der Waals surface area contributed by atoms with Crippen molar-refractivity contribution in [2.45, 2.75) is 44.3 Å². The summed E-state index contributed by atoms with van der Waals surface area (Å²) in [7, 11) is 0. The van der Waals surface area contributed by atoms with E-state index in [0.29, 0.717) is 23.9 Å². The Hall–Kier alpha value is -1.48. The van der Waals surface area contributed by atoms with Crippen molar-refractivity contribution in [1.29, 1.82) is 0 Å². The van der Waals surface area contributed by atoms with Crippen LogP contribution in [0.4, 0.5) is 0 Å². The number of benzene rings is 1. The molecule has 0 aliphatic rings. The van der Waals surface area contributed by atoms with Gasteiger partial charge >= 0.3 is 0 Å². The van der Waals surface area contributed by atoms with Gasteiger partial charge < -0.3 is 4.42 Å². The first-order valence-electron chi connectivity index (χ1n) is 7.88. The summed E-state index contributed by atoms with van der Waals surface area (Å²) in [4.78, 5) is 12.1. The number of hydrogen-bond acceptors (Lipinski definition) is 3. The number of ketones is 1. The molecule has 22 heavy (non-hydrogen) atoms. The average molecular weight is 316 g/mol. The van der Waals surface area contributed by atoms with Crippen LogP contribution >= 0.6 is 11.8 Å².